The second-order valence-corrected chi connectivity index (χ2v) is 6.54. The highest BCUT2D eigenvalue weighted by Crippen LogP contribution is 2.25. The standard InChI is InChI=1S/C15H21N3OS.2ClH/c1-11(16)12-4-6-18(7-5-12)9-13-10-19-15(17-13)14-3-2-8-20-14;;/h2-3,8,10-12H,4-7,9,16H2,1H3;2*1H. The topological polar surface area (TPSA) is 55.3 Å². The minimum absolute atomic E-state index is 0. The molecule has 0 aliphatic carbocycles. The smallest absolute Gasteiger partial charge is 0.236 e. The summed E-state index contributed by atoms with van der Waals surface area (Å²) in [6, 6.07) is 4.37. The summed E-state index contributed by atoms with van der Waals surface area (Å²) >= 11 is 1.66. The normalized spacial score (nSPS) is 17.5. The van der Waals surface area contributed by atoms with Gasteiger partial charge in [0, 0.05) is 12.6 Å². The Morgan fingerprint density at radius 1 is 1.41 bits per heavy atom. The molecule has 3 rings (SSSR count). The Labute approximate surface area is 147 Å². The number of aromatic nitrogens is 1. The average molecular weight is 364 g/mol. The van der Waals surface area contributed by atoms with Crippen molar-refractivity contribution in [3.63, 3.8) is 0 Å². The third kappa shape index (κ3) is 4.70. The van der Waals surface area contributed by atoms with Crippen LogP contribution in [0.25, 0.3) is 10.8 Å². The zero-order valence-corrected chi connectivity index (χ0v) is 15.1. The zero-order chi connectivity index (χ0) is 13.9. The maximum Gasteiger partial charge on any atom is 0.236 e. The molecule has 22 heavy (non-hydrogen) atoms. The van der Waals surface area contributed by atoms with Crippen molar-refractivity contribution in [1.82, 2.24) is 9.88 Å². The number of nitrogens with two attached hydrogens (primary N) is 1. The number of likely N-dealkylation sites (tertiary alicyclic amines) is 1. The van der Waals surface area contributed by atoms with Gasteiger partial charge in [-0.3, -0.25) is 4.90 Å². The number of thiophene rings is 1. The first-order chi connectivity index (χ1) is 9.72. The molecule has 2 aromatic rings. The summed E-state index contributed by atoms with van der Waals surface area (Å²) in [6.45, 7) is 5.20. The number of halogens is 2. The minimum atomic E-state index is 0. The van der Waals surface area contributed by atoms with E-state index in [-0.39, 0.29) is 24.8 Å². The fourth-order valence-corrected chi connectivity index (χ4v) is 3.41. The van der Waals surface area contributed by atoms with Crippen LogP contribution in [0.1, 0.15) is 25.5 Å². The molecule has 2 aromatic heterocycles. The fraction of sp³-hybridized carbons (Fsp3) is 0.533. The summed E-state index contributed by atoms with van der Waals surface area (Å²) in [5.41, 5.74) is 7.00. The van der Waals surface area contributed by atoms with Gasteiger partial charge in [-0.05, 0) is 50.2 Å². The van der Waals surface area contributed by atoms with Crippen molar-refractivity contribution in [2.45, 2.75) is 32.4 Å². The molecule has 0 aromatic carbocycles. The van der Waals surface area contributed by atoms with Gasteiger partial charge in [0.1, 0.15) is 6.26 Å². The molecule has 2 N–H and O–H groups in total. The maximum absolute atomic E-state index is 5.98. The molecule has 4 nitrogen and oxygen atoms in total. The van der Waals surface area contributed by atoms with E-state index in [1.54, 1.807) is 17.6 Å². The Morgan fingerprint density at radius 2 is 2.14 bits per heavy atom. The maximum atomic E-state index is 5.98. The highest BCUT2D eigenvalue weighted by atomic mass is 35.5. The molecular formula is C15H23Cl2N3OS. The number of oxazole rings is 1. The highest BCUT2D eigenvalue weighted by Gasteiger charge is 2.22. The van der Waals surface area contributed by atoms with Crippen molar-refractivity contribution in [3.05, 3.63) is 29.5 Å². The van der Waals surface area contributed by atoms with Crippen LogP contribution in [-0.4, -0.2) is 29.0 Å². The third-order valence-electron chi connectivity index (χ3n) is 4.05. The van der Waals surface area contributed by atoms with Crippen LogP contribution in [-0.2, 0) is 6.54 Å². The molecule has 0 saturated carbocycles. The lowest BCUT2D eigenvalue weighted by molar-refractivity contribution is 0.164. The van der Waals surface area contributed by atoms with Crippen molar-refractivity contribution in [2.24, 2.45) is 11.7 Å². The number of nitrogens with zero attached hydrogens (tertiary/aromatic N) is 2. The monoisotopic (exact) mass is 363 g/mol. The summed E-state index contributed by atoms with van der Waals surface area (Å²) in [4.78, 5) is 8.11. The summed E-state index contributed by atoms with van der Waals surface area (Å²) in [5.74, 6) is 1.41. The summed E-state index contributed by atoms with van der Waals surface area (Å²) in [6.07, 6.45) is 4.16. The van der Waals surface area contributed by atoms with Crippen LogP contribution in [0, 0.1) is 5.92 Å². The average Bonchev–Trinajstić information content (AvgIpc) is 3.09. The van der Waals surface area contributed by atoms with Crippen molar-refractivity contribution in [1.29, 1.82) is 0 Å². The van der Waals surface area contributed by atoms with E-state index in [9.17, 15) is 0 Å². The van der Waals surface area contributed by atoms with Gasteiger partial charge in [0.2, 0.25) is 5.89 Å². The fourth-order valence-electron chi connectivity index (χ4n) is 2.76. The zero-order valence-electron chi connectivity index (χ0n) is 12.6. The van der Waals surface area contributed by atoms with E-state index >= 15 is 0 Å². The lowest BCUT2D eigenvalue weighted by atomic mass is 9.91. The minimum Gasteiger partial charge on any atom is -0.444 e. The van der Waals surface area contributed by atoms with Gasteiger partial charge in [-0.1, -0.05) is 6.07 Å². The largest absolute Gasteiger partial charge is 0.444 e. The molecule has 3 heterocycles. The highest BCUT2D eigenvalue weighted by molar-refractivity contribution is 7.13. The van der Waals surface area contributed by atoms with Crippen LogP contribution >= 0.6 is 36.2 Å². The van der Waals surface area contributed by atoms with Gasteiger partial charge in [0.25, 0.3) is 0 Å². The Hall–Kier alpha value is -0.590. The number of rotatable bonds is 4. The van der Waals surface area contributed by atoms with Crippen molar-refractivity contribution >= 4 is 36.2 Å². The van der Waals surface area contributed by atoms with E-state index in [0.29, 0.717) is 12.0 Å². The van der Waals surface area contributed by atoms with E-state index in [1.165, 1.54) is 12.8 Å². The van der Waals surface area contributed by atoms with E-state index < -0.39 is 0 Å². The van der Waals surface area contributed by atoms with Gasteiger partial charge in [0.05, 0.1) is 10.6 Å². The second-order valence-electron chi connectivity index (χ2n) is 5.59. The molecular weight excluding hydrogens is 341 g/mol. The lowest BCUT2D eigenvalue weighted by Crippen LogP contribution is -2.39. The van der Waals surface area contributed by atoms with Crippen LogP contribution in [0.5, 0.6) is 0 Å². The van der Waals surface area contributed by atoms with Crippen LogP contribution in [0.4, 0.5) is 0 Å². The van der Waals surface area contributed by atoms with Crippen LogP contribution in [0.15, 0.2) is 28.2 Å². The molecule has 1 aliphatic rings. The quantitative estimate of drug-likeness (QED) is 0.897. The van der Waals surface area contributed by atoms with Gasteiger partial charge in [-0.15, -0.1) is 36.2 Å². The van der Waals surface area contributed by atoms with Gasteiger partial charge in [-0.2, -0.15) is 0 Å². The molecule has 0 spiro atoms. The van der Waals surface area contributed by atoms with Gasteiger partial charge >= 0.3 is 0 Å². The van der Waals surface area contributed by atoms with Crippen LogP contribution in [0.3, 0.4) is 0 Å². The van der Waals surface area contributed by atoms with Gasteiger partial charge < -0.3 is 10.2 Å². The first kappa shape index (κ1) is 19.5. The first-order valence-electron chi connectivity index (χ1n) is 7.18. The molecule has 0 radical (unpaired) electrons. The second kappa shape index (κ2) is 8.89. The predicted octanol–water partition coefficient (Wildman–Crippen LogP) is 3.81. The van der Waals surface area contributed by atoms with Crippen molar-refractivity contribution in [3.8, 4) is 10.8 Å². The van der Waals surface area contributed by atoms with Crippen molar-refractivity contribution in [2.75, 3.05) is 13.1 Å². The summed E-state index contributed by atoms with van der Waals surface area (Å²) in [5, 5.41) is 2.04. The summed E-state index contributed by atoms with van der Waals surface area (Å²) < 4.78 is 5.56. The Kier molecular flexibility index (Phi) is 7.86. The Morgan fingerprint density at radius 3 is 2.73 bits per heavy atom. The lowest BCUT2D eigenvalue weighted by Gasteiger charge is -2.33. The molecule has 1 unspecified atom stereocenters. The molecule has 1 atom stereocenters. The molecule has 1 aliphatic heterocycles. The number of hydrogen-bond acceptors (Lipinski definition) is 5. The molecule has 0 amide bonds. The molecule has 7 heteroatoms. The molecule has 0 bridgehead atoms. The summed E-state index contributed by atoms with van der Waals surface area (Å²) in [7, 11) is 0. The Balaban J connectivity index is 0.00000121. The first-order valence-corrected chi connectivity index (χ1v) is 8.06. The predicted molar refractivity (Wildman–Crippen MR) is 96.0 cm³/mol. The van der Waals surface area contributed by atoms with Crippen LogP contribution in [0.2, 0.25) is 0 Å². The van der Waals surface area contributed by atoms with E-state index in [2.05, 4.69) is 16.8 Å². The SMILES string of the molecule is CC(N)C1CCN(Cc2coc(-c3cccs3)n2)CC1.Cl.Cl. The van der Waals surface area contributed by atoms with E-state index in [4.69, 9.17) is 10.2 Å². The van der Waals surface area contributed by atoms with E-state index in [0.717, 1.165) is 36.1 Å². The molecule has 124 valence electrons. The third-order valence-corrected chi connectivity index (χ3v) is 4.90. The van der Waals surface area contributed by atoms with Crippen molar-refractivity contribution < 1.29 is 4.42 Å². The molecule has 1 saturated heterocycles. The van der Waals surface area contributed by atoms with Crippen LogP contribution < -0.4 is 5.73 Å². The van der Waals surface area contributed by atoms with E-state index in [1.807, 2.05) is 17.5 Å². The molecule has 1 fully saturated rings. The Bertz CT molecular complexity index is 537. The number of hydrogen-bond donors (Lipinski definition) is 1. The van der Waals surface area contributed by atoms with Gasteiger partial charge in [0.15, 0.2) is 0 Å². The number of piperidine rings is 1. The van der Waals surface area contributed by atoms with Gasteiger partial charge in [-0.25, -0.2) is 4.98 Å².